The Labute approximate surface area is 215 Å². The van der Waals surface area contributed by atoms with Crippen LogP contribution in [0.15, 0.2) is 80.3 Å². The molecule has 0 aliphatic carbocycles. The van der Waals surface area contributed by atoms with E-state index in [9.17, 15) is 19.7 Å². The maximum Gasteiger partial charge on any atom is 0.363 e. The van der Waals surface area contributed by atoms with Crippen LogP contribution in [-0.4, -0.2) is 29.9 Å². The number of halogens is 2. The zero-order valence-electron chi connectivity index (χ0n) is 17.9. The van der Waals surface area contributed by atoms with E-state index in [1.807, 2.05) is 0 Å². The monoisotopic (exact) mass is 600 g/mol. The molecule has 0 saturated heterocycles. The number of esters is 2. The highest BCUT2D eigenvalue weighted by atomic mass is 79.9. The van der Waals surface area contributed by atoms with Crippen LogP contribution in [0.25, 0.3) is 6.08 Å². The van der Waals surface area contributed by atoms with Crippen LogP contribution in [0.1, 0.15) is 21.5 Å². The largest absolute Gasteiger partial charge is 0.497 e. The number of nitro groups is 1. The summed E-state index contributed by atoms with van der Waals surface area (Å²) in [4.78, 5) is 39.7. The van der Waals surface area contributed by atoms with Crippen LogP contribution in [-0.2, 0) is 9.53 Å². The molecule has 1 heterocycles. The number of cyclic esters (lactones) is 1. The minimum atomic E-state index is -0.720. The second-order valence-electron chi connectivity index (χ2n) is 7.06. The van der Waals surface area contributed by atoms with Gasteiger partial charge in [0.05, 0.1) is 22.1 Å². The number of carbonyl (C=O) groups excluding carboxylic acids is 2. The maximum atomic E-state index is 12.7. The molecule has 3 aromatic rings. The summed E-state index contributed by atoms with van der Waals surface area (Å²) >= 11 is 6.77. The number of benzene rings is 3. The smallest absolute Gasteiger partial charge is 0.363 e. The van der Waals surface area contributed by atoms with Gasteiger partial charge in [-0.1, -0.05) is 15.9 Å². The van der Waals surface area contributed by atoms with E-state index in [0.717, 1.165) is 0 Å². The summed E-state index contributed by atoms with van der Waals surface area (Å²) in [6, 6.07) is 15.2. The molecule has 0 aromatic heterocycles. The quantitative estimate of drug-likeness (QED) is 0.117. The molecule has 0 spiro atoms. The Balaban J connectivity index is 1.66. The predicted molar refractivity (Wildman–Crippen MR) is 133 cm³/mol. The van der Waals surface area contributed by atoms with Gasteiger partial charge < -0.3 is 14.2 Å². The Bertz CT molecular complexity index is 1400. The van der Waals surface area contributed by atoms with Crippen LogP contribution in [0.5, 0.6) is 11.5 Å². The fraction of sp³-hybridized carbons (Fsp3) is 0.0417. The molecule has 0 saturated carbocycles. The molecule has 0 fully saturated rings. The van der Waals surface area contributed by atoms with Crippen molar-refractivity contribution in [1.82, 2.24) is 0 Å². The second kappa shape index (κ2) is 10.2. The van der Waals surface area contributed by atoms with Crippen LogP contribution in [0.4, 0.5) is 5.69 Å². The number of nitro benzene ring substituents is 1. The van der Waals surface area contributed by atoms with Gasteiger partial charge in [0.2, 0.25) is 5.90 Å². The number of hydrogen-bond acceptors (Lipinski definition) is 8. The molecule has 0 N–H and O–H groups in total. The molecule has 9 nitrogen and oxygen atoms in total. The first-order valence-electron chi connectivity index (χ1n) is 9.88. The molecule has 1 aliphatic heterocycles. The van der Waals surface area contributed by atoms with Gasteiger partial charge in [-0.2, -0.15) is 0 Å². The van der Waals surface area contributed by atoms with E-state index in [2.05, 4.69) is 36.9 Å². The molecule has 11 heteroatoms. The van der Waals surface area contributed by atoms with Crippen molar-refractivity contribution in [2.75, 3.05) is 7.11 Å². The van der Waals surface area contributed by atoms with Gasteiger partial charge in [-0.3, -0.25) is 10.1 Å². The zero-order chi connectivity index (χ0) is 25.1. The van der Waals surface area contributed by atoms with Gasteiger partial charge in [-0.25, -0.2) is 14.6 Å². The zero-order valence-corrected chi connectivity index (χ0v) is 21.0. The number of rotatable bonds is 6. The van der Waals surface area contributed by atoms with Gasteiger partial charge in [0, 0.05) is 27.7 Å². The number of nitrogens with zero attached hydrogens (tertiary/aromatic N) is 2. The second-order valence-corrected chi connectivity index (χ2v) is 8.83. The van der Waals surface area contributed by atoms with Gasteiger partial charge in [-0.15, -0.1) is 0 Å². The van der Waals surface area contributed by atoms with Crippen molar-refractivity contribution in [1.29, 1.82) is 0 Å². The van der Waals surface area contributed by atoms with Crippen molar-refractivity contribution in [2.24, 2.45) is 4.99 Å². The van der Waals surface area contributed by atoms with E-state index in [1.54, 1.807) is 36.4 Å². The lowest BCUT2D eigenvalue weighted by Gasteiger charge is -2.11. The first-order valence-corrected chi connectivity index (χ1v) is 11.5. The molecule has 4 rings (SSSR count). The number of ether oxygens (including phenoxy) is 3. The summed E-state index contributed by atoms with van der Waals surface area (Å²) in [5.74, 6) is -0.560. The first kappa shape index (κ1) is 24.3. The average molecular weight is 602 g/mol. The van der Waals surface area contributed by atoms with E-state index in [-0.39, 0.29) is 23.0 Å². The van der Waals surface area contributed by atoms with Gasteiger partial charge in [0.1, 0.15) is 5.75 Å². The Morgan fingerprint density at radius 1 is 1.09 bits per heavy atom. The number of hydrogen-bond donors (Lipinski definition) is 0. The van der Waals surface area contributed by atoms with Crippen LogP contribution in [0.2, 0.25) is 0 Å². The summed E-state index contributed by atoms with van der Waals surface area (Å²) in [5.41, 5.74) is 0.947. The van der Waals surface area contributed by atoms with Crippen molar-refractivity contribution in [3.63, 3.8) is 0 Å². The molecular weight excluding hydrogens is 588 g/mol. The van der Waals surface area contributed by atoms with Crippen LogP contribution >= 0.6 is 31.9 Å². The Kier molecular flexibility index (Phi) is 7.08. The van der Waals surface area contributed by atoms with Crippen LogP contribution in [0.3, 0.4) is 0 Å². The van der Waals surface area contributed by atoms with Crippen LogP contribution < -0.4 is 9.47 Å². The van der Waals surface area contributed by atoms with Crippen molar-refractivity contribution in [3.8, 4) is 11.5 Å². The summed E-state index contributed by atoms with van der Waals surface area (Å²) in [6.07, 6.45) is 1.42. The molecule has 35 heavy (non-hydrogen) atoms. The third kappa shape index (κ3) is 5.47. The van der Waals surface area contributed by atoms with Gasteiger partial charge in [-0.05, 0) is 70.5 Å². The number of methoxy groups -OCH3 is 1. The van der Waals surface area contributed by atoms with E-state index in [1.165, 1.54) is 37.5 Å². The molecule has 1 aliphatic rings. The Morgan fingerprint density at radius 2 is 1.77 bits per heavy atom. The fourth-order valence-electron chi connectivity index (χ4n) is 3.08. The summed E-state index contributed by atoms with van der Waals surface area (Å²) in [6.45, 7) is 0. The lowest BCUT2D eigenvalue weighted by atomic mass is 10.1. The van der Waals surface area contributed by atoms with Crippen molar-refractivity contribution < 1.29 is 28.7 Å². The maximum absolute atomic E-state index is 12.7. The highest BCUT2D eigenvalue weighted by Gasteiger charge is 2.26. The fourth-order valence-corrected chi connectivity index (χ4v) is 4.42. The number of aliphatic imine (C=N–C) groups is 1. The molecule has 0 radical (unpaired) electrons. The number of non-ortho nitro benzene ring substituents is 1. The first-order chi connectivity index (χ1) is 16.7. The van der Waals surface area contributed by atoms with Gasteiger partial charge in [0.25, 0.3) is 5.69 Å². The lowest BCUT2D eigenvalue weighted by Crippen LogP contribution is -2.10. The summed E-state index contributed by atoms with van der Waals surface area (Å²) in [7, 11) is 1.52. The SMILES string of the molecule is COc1ccc(C(=O)Oc2c(Br)cc(Br)cc2/C=C2\N=C(c3ccc([N+](=O)[O-])cc3)OC2=O)cc1. The predicted octanol–water partition coefficient (Wildman–Crippen LogP) is 5.69. The Hall–Kier alpha value is -3.83. The van der Waals surface area contributed by atoms with E-state index >= 15 is 0 Å². The van der Waals surface area contributed by atoms with E-state index in [4.69, 9.17) is 14.2 Å². The van der Waals surface area contributed by atoms with Gasteiger partial charge >= 0.3 is 11.9 Å². The molecular formula is C24H14Br2N2O7. The average Bonchev–Trinajstić information content (AvgIpc) is 3.21. The number of carbonyl (C=O) groups is 2. The van der Waals surface area contributed by atoms with Crippen molar-refractivity contribution in [2.45, 2.75) is 0 Å². The molecule has 0 atom stereocenters. The van der Waals surface area contributed by atoms with Crippen LogP contribution in [0, 0.1) is 10.1 Å². The van der Waals surface area contributed by atoms with E-state index in [0.29, 0.717) is 31.4 Å². The summed E-state index contributed by atoms with van der Waals surface area (Å²) < 4.78 is 17.1. The molecule has 0 amide bonds. The standard InChI is InChI=1S/C24H14Br2N2O7/c1-33-18-8-4-14(5-9-18)23(29)34-21-15(10-16(25)12-19(21)26)11-20-24(30)35-22(27-20)13-2-6-17(7-3-13)28(31)32/h2-12H,1H3/b20-11-. The molecule has 176 valence electrons. The molecule has 0 unspecified atom stereocenters. The van der Waals surface area contributed by atoms with Crippen molar-refractivity contribution >= 4 is 61.5 Å². The highest BCUT2D eigenvalue weighted by Crippen LogP contribution is 2.36. The highest BCUT2D eigenvalue weighted by molar-refractivity contribution is 9.11. The molecule has 0 bridgehead atoms. The molecule has 3 aromatic carbocycles. The van der Waals surface area contributed by atoms with Crippen molar-refractivity contribution in [3.05, 3.63) is 102 Å². The lowest BCUT2D eigenvalue weighted by molar-refractivity contribution is -0.384. The third-order valence-electron chi connectivity index (χ3n) is 4.80. The normalized spacial score (nSPS) is 13.9. The van der Waals surface area contributed by atoms with E-state index < -0.39 is 16.9 Å². The topological polar surface area (TPSA) is 117 Å². The minimum Gasteiger partial charge on any atom is -0.497 e. The minimum absolute atomic E-state index is 0.00184. The Morgan fingerprint density at radius 3 is 2.40 bits per heavy atom. The summed E-state index contributed by atoms with van der Waals surface area (Å²) in [5, 5.41) is 10.9. The van der Waals surface area contributed by atoms with Gasteiger partial charge in [0.15, 0.2) is 11.4 Å². The third-order valence-corrected chi connectivity index (χ3v) is 5.84.